The first kappa shape index (κ1) is 16.4. The van der Waals surface area contributed by atoms with Crippen molar-refractivity contribution in [1.82, 2.24) is 20.2 Å². The fourth-order valence-electron chi connectivity index (χ4n) is 1.55. The van der Waals surface area contributed by atoms with Gasteiger partial charge in [0.1, 0.15) is 11.5 Å². The van der Waals surface area contributed by atoms with Gasteiger partial charge >= 0.3 is 0 Å². The summed E-state index contributed by atoms with van der Waals surface area (Å²) in [5.41, 5.74) is 0.0563. The Morgan fingerprint density at radius 2 is 1.95 bits per heavy atom. The zero-order valence-electron chi connectivity index (χ0n) is 13.0. The topological polar surface area (TPSA) is 70.2 Å². The summed E-state index contributed by atoms with van der Waals surface area (Å²) in [5, 5.41) is 6.03. The smallest absolute Gasteiger partial charge is 0.271 e. The Morgan fingerprint density at radius 3 is 2.45 bits per heavy atom. The van der Waals surface area contributed by atoms with Crippen LogP contribution in [0.4, 0.5) is 5.82 Å². The number of carbonyl (C=O) groups is 1. The molecule has 0 aliphatic rings. The lowest BCUT2D eigenvalue weighted by atomic mass is 10.1. The van der Waals surface area contributed by atoms with E-state index in [0.717, 1.165) is 19.5 Å². The molecular weight excluding hydrogens is 254 g/mol. The average Bonchev–Trinajstić information content (AvgIpc) is 2.33. The van der Waals surface area contributed by atoms with Crippen molar-refractivity contribution >= 4 is 11.7 Å². The van der Waals surface area contributed by atoms with E-state index in [1.54, 1.807) is 6.20 Å². The second-order valence-electron chi connectivity index (χ2n) is 6.07. The predicted octanol–water partition coefficient (Wildman–Crippen LogP) is 1.37. The number of aromatic nitrogens is 2. The second kappa shape index (κ2) is 7.19. The second-order valence-corrected chi connectivity index (χ2v) is 6.07. The highest BCUT2D eigenvalue weighted by molar-refractivity contribution is 5.92. The first-order valence-corrected chi connectivity index (χ1v) is 6.81. The van der Waals surface area contributed by atoms with E-state index in [4.69, 9.17) is 0 Å². The minimum atomic E-state index is -0.276. The first-order chi connectivity index (χ1) is 9.28. The van der Waals surface area contributed by atoms with Crippen LogP contribution in [-0.2, 0) is 0 Å². The summed E-state index contributed by atoms with van der Waals surface area (Å²) in [6.45, 7) is 7.64. The van der Waals surface area contributed by atoms with Crippen molar-refractivity contribution in [2.24, 2.45) is 0 Å². The Bertz CT molecular complexity index is 422. The van der Waals surface area contributed by atoms with E-state index in [-0.39, 0.29) is 11.4 Å². The molecule has 0 radical (unpaired) electrons. The standard InChI is InChI=1S/C14H25N5O/c1-14(2,3)18-13(20)11-9-17-12(10-16-11)15-7-6-8-19(4)5/h9-10H,6-8H2,1-5H3,(H,15,17)(H,18,20). The number of nitrogens with zero attached hydrogens (tertiary/aromatic N) is 3. The van der Waals surface area contributed by atoms with E-state index < -0.39 is 0 Å². The molecule has 0 spiro atoms. The normalized spacial score (nSPS) is 11.5. The molecule has 0 aliphatic carbocycles. The summed E-state index contributed by atoms with van der Waals surface area (Å²) in [4.78, 5) is 22.3. The molecule has 0 bridgehead atoms. The fourth-order valence-corrected chi connectivity index (χ4v) is 1.55. The van der Waals surface area contributed by atoms with Crippen molar-refractivity contribution in [2.75, 3.05) is 32.5 Å². The summed E-state index contributed by atoms with van der Waals surface area (Å²) >= 11 is 0. The molecule has 6 heteroatoms. The molecule has 0 aliphatic heterocycles. The molecule has 20 heavy (non-hydrogen) atoms. The van der Waals surface area contributed by atoms with Gasteiger partial charge in [-0.3, -0.25) is 4.79 Å². The Morgan fingerprint density at radius 1 is 1.25 bits per heavy atom. The van der Waals surface area contributed by atoms with Crippen LogP contribution >= 0.6 is 0 Å². The number of nitrogens with one attached hydrogen (secondary N) is 2. The molecule has 1 rings (SSSR count). The highest BCUT2D eigenvalue weighted by Gasteiger charge is 2.16. The van der Waals surface area contributed by atoms with Crippen molar-refractivity contribution in [3.05, 3.63) is 18.1 Å². The van der Waals surface area contributed by atoms with Crippen LogP contribution in [0.15, 0.2) is 12.4 Å². The van der Waals surface area contributed by atoms with Gasteiger partial charge in [0.05, 0.1) is 12.4 Å². The summed E-state index contributed by atoms with van der Waals surface area (Å²) in [6.07, 6.45) is 4.11. The van der Waals surface area contributed by atoms with Crippen LogP contribution in [-0.4, -0.2) is 53.5 Å². The van der Waals surface area contributed by atoms with Crippen molar-refractivity contribution in [3.63, 3.8) is 0 Å². The molecule has 0 atom stereocenters. The number of hydrogen-bond donors (Lipinski definition) is 2. The van der Waals surface area contributed by atoms with Gasteiger partial charge < -0.3 is 15.5 Å². The Balaban J connectivity index is 2.46. The van der Waals surface area contributed by atoms with Gasteiger partial charge in [-0.15, -0.1) is 0 Å². The van der Waals surface area contributed by atoms with Gasteiger partial charge in [-0.25, -0.2) is 9.97 Å². The minimum Gasteiger partial charge on any atom is -0.369 e. The largest absolute Gasteiger partial charge is 0.369 e. The van der Waals surface area contributed by atoms with E-state index in [1.807, 2.05) is 34.9 Å². The molecule has 1 amide bonds. The number of hydrogen-bond acceptors (Lipinski definition) is 5. The van der Waals surface area contributed by atoms with E-state index in [1.165, 1.54) is 6.20 Å². The van der Waals surface area contributed by atoms with Crippen molar-refractivity contribution in [2.45, 2.75) is 32.7 Å². The summed E-state index contributed by atoms with van der Waals surface area (Å²) < 4.78 is 0. The Kier molecular flexibility index (Phi) is 5.88. The van der Waals surface area contributed by atoms with Gasteiger partial charge in [0.25, 0.3) is 5.91 Å². The summed E-state index contributed by atoms with van der Waals surface area (Å²) in [6, 6.07) is 0. The maximum atomic E-state index is 11.9. The van der Waals surface area contributed by atoms with Crippen molar-refractivity contribution < 1.29 is 4.79 Å². The molecule has 1 aromatic heterocycles. The lowest BCUT2D eigenvalue weighted by Gasteiger charge is -2.19. The maximum absolute atomic E-state index is 11.9. The lowest BCUT2D eigenvalue weighted by Crippen LogP contribution is -2.41. The molecule has 2 N–H and O–H groups in total. The van der Waals surface area contributed by atoms with Gasteiger partial charge in [-0.2, -0.15) is 0 Å². The van der Waals surface area contributed by atoms with Crippen LogP contribution in [0.3, 0.4) is 0 Å². The van der Waals surface area contributed by atoms with Gasteiger partial charge in [0, 0.05) is 12.1 Å². The molecular formula is C14H25N5O. The average molecular weight is 279 g/mol. The molecule has 0 saturated carbocycles. The van der Waals surface area contributed by atoms with Crippen LogP contribution in [0.25, 0.3) is 0 Å². The van der Waals surface area contributed by atoms with Gasteiger partial charge in [-0.05, 0) is 47.8 Å². The molecule has 0 unspecified atom stereocenters. The predicted molar refractivity (Wildman–Crippen MR) is 80.9 cm³/mol. The number of carbonyl (C=O) groups excluding carboxylic acids is 1. The molecule has 0 fully saturated rings. The first-order valence-electron chi connectivity index (χ1n) is 6.81. The summed E-state index contributed by atoms with van der Waals surface area (Å²) in [7, 11) is 4.09. The molecule has 6 nitrogen and oxygen atoms in total. The minimum absolute atomic E-state index is 0.204. The molecule has 0 aromatic carbocycles. The van der Waals surface area contributed by atoms with E-state index >= 15 is 0 Å². The SMILES string of the molecule is CN(C)CCCNc1cnc(C(=O)NC(C)(C)C)cn1. The highest BCUT2D eigenvalue weighted by Crippen LogP contribution is 2.04. The van der Waals surface area contributed by atoms with Crippen LogP contribution in [0.5, 0.6) is 0 Å². The molecule has 0 saturated heterocycles. The van der Waals surface area contributed by atoms with Gasteiger partial charge in [0.2, 0.25) is 0 Å². The van der Waals surface area contributed by atoms with Crippen LogP contribution in [0.1, 0.15) is 37.7 Å². The van der Waals surface area contributed by atoms with Crippen molar-refractivity contribution in [3.8, 4) is 0 Å². The van der Waals surface area contributed by atoms with Crippen LogP contribution < -0.4 is 10.6 Å². The monoisotopic (exact) mass is 279 g/mol. The zero-order valence-corrected chi connectivity index (χ0v) is 13.0. The quantitative estimate of drug-likeness (QED) is 0.770. The van der Waals surface area contributed by atoms with Crippen LogP contribution in [0.2, 0.25) is 0 Å². The zero-order chi connectivity index (χ0) is 15.2. The van der Waals surface area contributed by atoms with Crippen molar-refractivity contribution in [1.29, 1.82) is 0 Å². The molecule has 1 aromatic rings. The van der Waals surface area contributed by atoms with E-state index in [2.05, 4.69) is 25.5 Å². The third kappa shape index (κ3) is 6.47. The third-order valence-corrected chi connectivity index (χ3v) is 2.46. The number of rotatable bonds is 6. The molecule has 1 heterocycles. The Hall–Kier alpha value is -1.69. The van der Waals surface area contributed by atoms with E-state index in [0.29, 0.717) is 11.5 Å². The van der Waals surface area contributed by atoms with Gasteiger partial charge in [-0.1, -0.05) is 0 Å². The van der Waals surface area contributed by atoms with Crippen LogP contribution in [0, 0.1) is 0 Å². The Labute approximate surface area is 121 Å². The number of anilines is 1. The van der Waals surface area contributed by atoms with Gasteiger partial charge in [0.15, 0.2) is 0 Å². The third-order valence-electron chi connectivity index (χ3n) is 2.46. The highest BCUT2D eigenvalue weighted by atomic mass is 16.2. The number of amides is 1. The summed E-state index contributed by atoms with van der Waals surface area (Å²) in [5.74, 6) is 0.486. The van der Waals surface area contributed by atoms with E-state index in [9.17, 15) is 4.79 Å². The molecule has 112 valence electrons. The fraction of sp³-hybridized carbons (Fsp3) is 0.643. The lowest BCUT2D eigenvalue weighted by molar-refractivity contribution is 0.0914. The maximum Gasteiger partial charge on any atom is 0.271 e.